The molecule has 144 valence electrons. The second-order valence-corrected chi connectivity index (χ2v) is 8.08. The second-order valence-electron chi connectivity index (χ2n) is 6.40. The number of hydrogen-bond acceptors (Lipinski definition) is 6. The number of nitrogens with one attached hydrogen (secondary N) is 1. The Morgan fingerprint density at radius 3 is 2.44 bits per heavy atom. The summed E-state index contributed by atoms with van der Waals surface area (Å²) in [6.45, 7) is 5.52. The highest BCUT2D eigenvalue weighted by atomic mass is 32.2. The summed E-state index contributed by atoms with van der Waals surface area (Å²) < 4.78 is 35.6. The summed E-state index contributed by atoms with van der Waals surface area (Å²) in [6.07, 6.45) is -0.583. The molecule has 3 rings (SSSR count). The first-order chi connectivity index (χ1) is 12.7. The molecule has 1 saturated heterocycles. The van der Waals surface area contributed by atoms with Crippen LogP contribution >= 0.6 is 0 Å². The minimum atomic E-state index is -4.07. The molecule has 2 heterocycles. The van der Waals surface area contributed by atoms with Crippen LogP contribution in [0.15, 0.2) is 32.7 Å². The zero-order valence-electron chi connectivity index (χ0n) is 15.2. The van der Waals surface area contributed by atoms with Gasteiger partial charge in [0.05, 0.1) is 34.6 Å². The quantitative estimate of drug-likeness (QED) is 0.773. The van der Waals surface area contributed by atoms with Crippen LogP contribution in [0.3, 0.4) is 0 Å². The van der Waals surface area contributed by atoms with Crippen LogP contribution < -0.4 is 16.0 Å². The van der Waals surface area contributed by atoms with Crippen LogP contribution in [0.4, 0.5) is 0 Å². The SMILES string of the molecule is CCn1c(=O)c2cc(S(=O)(=O)N[C@@]3(C#N)CO[C@@H]3C)ccc2n(CC)c1=O. The molecule has 9 nitrogen and oxygen atoms in total. The maximum atomic E-state index is 12.8. The predicted octanol–water partition coefficient (Wildman–Crippen LogP) is 0.162. The number of benzene rings is 1. The van der Waals surface area contributed by atoms with Crippen molar-refractivity contribution >= 4 is 20.9 Å². The van der Waals surface area contributed by atoms with E-state index < -0.39 is 32.9 Å². The standard InChI is InChI=1S/C17H20N4O5S/c1-4-20-14-7-6-12(8-13(14)15(22)21(5-2)16(20)23)27(24,25)19-17(9-18)10-26-11(17)3/h6-8,11,19H,4-5,10H2,1-3H3/t11-,17+/m1/s1. The van der Waals surface area contributed by atoms with Crippen molar-refractivity contribution in [2.24, 2.45) is 0 Å². The minimum Gasteiger partial charge on any atom is -0.372 e. The first-order valence-corrected chi connectivity index (χ1v) is 10.0. The maximum absolute atomic E-state index is 12.8. The minimum absolute atomic E-state index is 0.0461. The van der Waals surface area contributed by atoms with Gasteiger partial charge in [0.25, 0.3) is 5.56 Å². The lowest BCUT2D eigenvalue weighted by molar-refractivity contribution is -0.102. The highest BCUT2D eigenvalue weighted by molar-refractivity contribution is 7.89. The van der Waals surface area contributed by atoms with Crippen LogP contribution in [-0.2, 0) is 27.8 Å². The number of sulfonamides is 1. The van der Waals surface area contributed by atoms with Gasteiger partial charge < -0.3 is 4.74 Å². The van der Waals surface area contributed by atoms with Gasteiger partial charge in [0, 0.05) is 13.1 Å². The van der Waals surface area contributed by atoms with Gasteiger partial charge in [-0.1, -0.05) is 0 Å². The highest BCUT2D eigenvalue weighted by Crippen LogP contribution is 2.27. The van der Waals surface area contributed by atoms with Gasteiger partial charge in [0.15, 0.2) is 5.54 Å². The third kappa shape index (κ3) is 2.88. The van der Waals surface area contributed by atoms with Crippen LogP contribution in [0.2, 0.25) is 0 Å². The number of aromatic nitrogens is 2. The van der Waals surface area contributed by atoms with E-state index in [0.29, 0.717) is 12.1 Å². The number of nitriles is 1. The summed E-state index contributed by atoms with van der Waals surface area (Å²) in [7, 11) is -4.07. The molecule has 1 aliphatic rings. The van der Waals surface area contributed by atoms with E-state index >= 15 is 0 Å². The summed E-state index contributed by atoms with van der Waals surface area (Å²) in [5.74, 6) is 0. The van der Waals surface area contributed by atoms with Crippen molar-refractivity contribution < 1.29 is 13.2 Å². The van der Waals surface area contributed by atoms with Crippen LogP contribution in [0, 0.1) is 11.3 Å². The number of nitrogens with zero attached hydrogens (tertiary/aromatic N) is 3. The average Bonchev–Trinajstić information content (AvgIpc) is 2.65. The molecule has 1 aromatic heterocycles. The molecule has 1 fully saturated rings. The Hall–Kier alpha value is -2.48. The lowest BCUT2D eigenvalue weighted by Gasteiger charge is -2.41. The van der Waals surface area contributed by atoms with Gasteiger partial charge in [-0.2, -0.15) is 9.98 Å². The molecular weight excluding hydrogens is 372 g/mol. The maximum Gasteiger partial charge on any atom is 0.331 e. The Labute approximate surface area is 155 Å². The topological polar surface area (TPSA) is 123 Å². The van der Waals surface area contributed by atoms with E-state index in [9.17, 15) is 23.3 Å². The molecule has 27 heavy (non-hydrogen) atoms. The molecule has 1 N–H and O–H groups in total. The van der Waals surface area contributed by atoms with Crippen molar-refractivity contribution in [2.45, 2.75) is 50.4 Å². The summed E-state index contributed by atoms with van der Waals surface area (Å²) in [5, 5.41) is 9.48. The lowest BCUT2D eigenvalue weighted by atomic mass is 9.92. The van der Waals surface area contributed by atoms with Crippen LogP contribution in [0.1, 0.15) is 20.8 Å². The molecule has 0 bridgehead atoms. The third-order valence-electron chi connectivity index (χ3n) is 4.91. The molecule has 0 saturated carbocycles. The Bertz CT molecular complexity index is 1170. The van der Waals surface area contributed by atoms with E-state index in [1.807, 2.05) is 6.07 Å². The fourth-order valence-corrected chi connectivity index (χ4v) is 4.52. The molecule has 0 spiro atoms. The number of fused-ring (bicyclic) bond motifs is 1. The van der Waals surface area contributed by atoms with E-state index in [4.69, 9.17) is 4.74 Å². The first kappa shape index (κ1) is 19.3. The zero-order valence-corrected chi connectivity index (χ0v) is 16.0. The van der Waals surface area contributed by atoms with Gasteiger partial charge in [-0.25, -0.2) is 13.2 Å². The van der Waals surface area contributed by atoms with Gasteiger partial charge in [-0.15, -0.1) is 0 Å². The third-order valence-corrected chi connectivity index (χ3v) is 6.42. The molecule has 1 aliphatic heterocycles. The largest absolute Gasteiger partial charge is 0.372 e. The molecule has 0 amide bonds. The first-order valence-electron chi connectivity index (χ1n) is 8.55. The van der Waals surface area contributed by atoms with Crippen molar-refractivity contribution in [2.75, 3.05) is 6.61 Å². The van der Waals surface area contributed by atoms with Gasteiger partial charge in [-0.3, -0.25) is 13.9 Å². The van der Waals surface area contributed by atoms with Gasteiger partial charge >= 0.3 is 5.69 Å². The average molecular weight is 392 g/mol. The molecule has 1 aromatic carbocycles. The predicted molar refractivity (Wildman–Crippen MR) is 97.9 cm³/mol. The summed E-state index contributed by atoms with van der Waals surface area (Å²) in [4.78, 5) is 24.9. The Morgan fingerprint density at radius 2 is 1.96 bits per heavy atom. The van der Waals surface area contributed by atoms with E-state index in [0.717, 1.165) is 4.57 Å². The molecule has 2 aromatic rings. The van der Waals surface area contributed by atoms with E-state index in [-0.39, 0.29) is 23.4 Å². The Balaban J connectivity index is 2.19. The number of rotatable bonds is 5. The fraction of sp³-hybridized carbons (Fsp3) is 0.471. The van der Waals surface area contributed by atoms with E-state index in [1.165, 1.54) is 22.8 Å². The molecule has 0 radical (unpaired) electrons. The molecular formula is C17H20N4O5S. The monoisotopic (exact) mass is 392 g/mol. The van der Waals surface area contributed by atoms with Crippen molar-refractivity contribution in [1.82, 2.24) is 13.9 Å². The van der Waals surface area contributed by atoms with Crippen molar-refractivity contribution in [3.63, 3.8) is 0 Å². The van der Waals surface area contributed by atoms with Crippen LogP contribution in [0.5, 0.6) is 0 Å². The van der Waals surface area contributed by atoms with E-state index in [1.54, 1.807) is 20.8 Å². The zero-order chi connectivity index (χ0) is 20.0. The number of ether oxygens (including phenoxy) is 1. The second kappa shape index (κ2) is 6.60. The van der Waals surface area contributed by atoms with Gasteiger partial charge in [0.2, 0.25) is 10.0 Å². The highest BCUT2D eigenvalue weighted by Gasteiger charge is 2.49. The summed E-state index contributed by atoms with van der Waals surface area (Å²) in [6, 6.07) is 5.96. The van der Waals surface area contributed by atoms with Crippen molar-refractivity contribution in [1.29, 1.82) is 5.26 Å². The Kier molecular flexibility index (Phi) is 4.71. The molecule has 2 atom stereocenters. The van der Waals surface area contributed by atoms with E-state index in [2.05, 4.69) is 4.72 Å². The lowest BCUT2D eigenvalue weighted by Crippen LogP contribution is -2.66. The fourth-order valence-electron chi connectivity index (χ4n) is 3.13. The molecule has 0 unspecified atom stereocenters. The Morgan fingerprint density at radius 1 is 1.30 bits per heavy atom. The summed E-state index contributed by atoms with van der Waals surface area (Å²) in [5.41, 5.74) is -1.95. The normalized spacial score (nSPS) is 22.4. The number of aryl methyl sites for hydroxylation is 1. The van der Waals surface area contributed by atoms with Gasteiger partial charge in [-0.05, 0) is 39.0 Å². The smallest absolute Gasteiger partial charge is 0.331 e. The summed E-state index contributed by atoms with van der Waals surface area (Å²) >= 11 is 0. The molecule has 0 aliphatic carbocycles. The molecule has 10 heteroatoms. The van der Waals surface area contributed by atoms with Crippen molar-refractivity contribution in [3.8, 4) is 6.07 Å². The van der Waals surface area contributed by atoms with Crippen molar-refractivity contribution in [3.05, 3.63) is 39.0 Å². The van der Waals surface area contributed by atoms with Crippen LogP contribution in [-0.4, -0.2) is 35.8 Å². The van der Waals surface area contributed by atoms with Crippen LogP contribution in [0.25, 0.3) is 10.9 Å². The van der Waals surface area contributed by atoms with Gasteiger partial charge in [0.1, 0.15) is 0 Å². The number of hydrogen-bond donors (Lipinski definition) is 1.